The molecule has 0 aromatic rings. The van der Waals surface area contributed by atoms with E-state index in [1.165, 1.54) is 5.21 Å². The molecule has 0 aliphatic carbocycles. The summed E-state index contributed by atoms with van der Waals surface area (Å²) in [6.07, 6.45) is 0. The summed E-state index contributed by atoms with van der Waals surface area (Å²) in [6.45, 7) is 2.16. The SMILES string of the molecule is CC[AsH](C)(C)[B]C#N. The molecule has 0 heterocycles. The van der Waals surface area contributed by atoms with E-state index in [0.29, 0.717) is 0 Å². The van der Waals surface area contributed by atoms with E-state index in [1.54, 1.807) is 0 Å². The number of hydrogen-bond acceptors (Lipinski definition) is 1. The van der Waals surface area contributed by atoms with Crippen LogP contribution in [-0.2, 0) is 0 Å². The molecule has 0 fully saturated rings. The first-order valence-corrected chi connectivity index (χ1v) is 9.75. The van der Waals surface area contributed by atoms with Crippen LogP contribution in [0.4, 0.5) is 0 Å². The van der Waals surface area contributed by atoms with Crippen molar-refractivity contribution in [1.82, 2.24) is 0 Å². The van der Waals surface area contributed by atoms with Gasteiger partial charge >= 0.3 is 54.1 Å². The van der Waals surface area contributed by atoms with Gasteiger partial charge in [0.1, 0.15) is 0 Å². The number of nitrogens with zero attached hydrogens (tertiary/aromatic N) is 1. The summed E-state index contributed by atoms with van der Waals surface area (Å²) in [7, 11) is 0. The molecular formula is C5H12AsBN. The molecule has 0 amide bonds. The Kier molecular flexibility index (Phi) is 3.25. The Balaban J connectivity index is 3.58. The van der Waals surface area contributed by atoms with E-state index in [9.17, 15) is 0 Å². The Hall–Kier alpha value is 0.113. The van der Waals surface area contributed by atoms with Crippen LogP contribution in [0.3, 0.4) is 0 Å². The summed E-state index contributed by atoms with van der Waals surface area (Å²) in [5, 5.41) is 9.49. The fourth-order valence-corrected chi connectivity index (χ4v) is 1.44. The molecular weight excluding hydrogens is 160 g/mol. The van der Waals surface area contributed by atoms with Crippen molar-refractivity contribution in [3.05, 3.63) is 0 Å². The molecule has 0 N–H and O–H groups in total. The monoisotopic (exact) mass is 172 g/mol. The van der Waals surface area contributed by atoms with Gasteiger partial charge in [0.15, 0.2) is 0 Å². The van der Waals surface area contributed by atoms with Crippen LogP contribution in [0.5, 0.6) is 0 Å². The molecule has 1 nitrogen and oxygen atoms in total. The summed E-state index contributed by atoms with van der Waals surface area (Å²) in [6, 6.07) is 0. The fraction of sp³-hybridized carbons (Fsp3) is 0.800. The molecule has 0 atom stereocenters. The Labute approximate surface area is 54.6 Å². The van der Waals surface area contributed by atoms with Crippen molar-refractivity contribution in [3.8, 4) is 5.97 Å². The fourth-order valence-electron chi connectivity index (χ4n) is 0.277. The van der Waals surface area contributed by atoms with Crippen molar-refractivity contribution in [2.45, 2.75) is 23.6 Å². The van der Waals surface area contributed by atoms with Crippen LogP contribution >= 0.6 is 0 Å². The average Bonchev–Trinajstić information content (AvgIpc) is 1.67. The maximum absolute atomic E-state index is 8.27. The third-order valence-electron chi connectivity index (χ3n) is 1.37. The molecule has 0 bridgehead atoms. The van der Waals surface area contributed by atoms with Crippen LogP contribution in [0.2, 0.25) is 16.6 Å². The first kappa shape index (κ1) is 8.11. The van der Waals surface area contributed by atoms with Crippen LogP contribution in [0.25, 0.3) is 0 Å². The Bertz CT molecular complexity index is 105. The van der Waals surface area contributed by atoms with Crippen molar-refractivity contribution in [2.24, 2.45) is 0 Å². The molecule has 0 saturated heterocycles. The second kappa shape index (κ2) is 3.20. The van der Waals surface area contributed by atoms with Crippen molar-refractivity contribution in [1.29, 1.82) is 5.26 Å². The van der Waals surface area contributed by atoms with Gasteiger partial charge in [-0.1, -0.05) is 0 Å². The maximum atomic E-state index is 8.27. The topological polar surface area (TPSA) is 23.8 Å². The van der Waals surface area contributed by atoms with E-state index in [4.69, 9.17) is 5.26 Å². The molecule has 0 spiro atoms. The van der Waals surface area contributed by atoms with Crippen LogP contribution in [0.15, 0.2) is 0 Å². The van der Waals surface area contributed by atoms with Gasteiger partial charge in [0, 0.05) is 0 Å². The van der Waals surface area contributed by atoms with Crippen LogP contribution in [-0.4, -0.2) is 19.3 Å². The van der Waals surface area contributed by atoms with Gasteiger partial charge in [-0.25, -0.2) is 0 Å². The molecule has 45 valence electrons. The molecule has 0 aliphatic rings. The van der Waals surface area contributed by atoms with Gasteiger partial charge in [0.25, 0.3) is 0 Å². The predicted molar refractivity (Wildman–Crippen MR) is 40.7 cm³/mol. The molecule has 0 aromatic carbocycles. The van der Waals surface area contributed by atoms with Crippen LogP contribution < -0.4 is 0 Å². The van der Waals surface area contributed by atoms with Crippen molar-refractivity contribution < 1.29 is 0 Å². The zero-order valence-corrected chi connectivity index (χ0v) is 7.83. The number of nitriles is 1. The van der Waals surface area contributed by atoms with Gasteiger partial charge in [0.05, 0.1) is 0 Å². The summed E-state index contributed by atoms with van der Waals surface area (Å²) in [5.41, 5.74) is 4.48. The molecule has 0 aliphatic heterocycles. The number of hydrogen-bond donors (Lipinski definition) is 0. The van der Waals surface area contributed by atoms with E-state index in [2.05, 4.69) is 24.3 Å². The van der Waals surface area contributed by atoms with E-state index in [1.807, 2.05) is 5.97 Å². The molecule has 1 radical (unpaired) electrons. The van der Waals surface area contributed by atoms with Crippen molar-refractivity contribution in [2.75, 3.05) is 0 Å². The zero-order valence-electron chi connectivity index (χ0n) is 5.73. The van der Waals surface area contributed by atoms with Gasteiger partial charge in [-0.15, -0.1) is 0 Å². The van der Waals surface area contributed by atoms with E-state index < -0.39 is 13.4 Å². The van der Waals surface area contributed by atoms with Gasteiger partial charge in [0.2, 0.25) is 0 Å². The van der Waals surface area contributed by atoms with E-state index >= 15 is 0 Å². The van der Waals surface area contributed by atoms with E-state index in [0.717, 1.165) is 0 Å². The summed E-state index contributed by atoms with van der Waals surface area (Å²) >= 11 is -1.61. The van der Waals surface area contributed by atoms with Gasteiger partial charge in [-0.3, -0.25) is 0 Å². The van der Waals surface area contributed by atoms with Crippen LogP contribution in [0.1, 0.15) is 6.92 Å². The summed E-state index contributed by atoms with van der Waals surface area (Å²) in [4.78, 5) is 0. The average molecular weight is 172 g/mol. The van der Waals surface area contributed by atoms with E-state index in [-0.39, 0.29) is 0 Å². The zero-order chi connectivity index (χ0) is 6.62. The Morgan fingerprint density at radius 2 is 2.12 bits per heavy atom. The molecule has 3 heteroatoms. The molecule has 8 heavy (non-hydrogen) atoms. The summed E-state index contributed by atoms with van der Waals surface area (Å²) < 4.78 is 0. The quantitative estimate of drug-likeness (QED) is 0.572. The Morgan fingerprint density at radius 3 is 2.25 bits per heavy atom. The second-order valence-corrected chi connectivity index (χ2v) is 13.0. The molecule has 0 aromatic heterocycles. The minimum absolute atomic E-state index is 1.22. The van der Waals surface area contributed by atoms with Gasteiger partial charge < -0.3 is 0 Å². The standard InChI is InChI=1S/C5H12AsBN/c1-4-6(2,3)7-5-8/h6H,4H2,1-3H3. The predicted octanol–water partition coefficient (Wildman–Crippen LogP) is 1.13. The molecule has 0 unspecified atom stereocenters. The first-order chi connectivity index (χ1) is 3.62. The molecule has 0 saturated carbocycles. The normalized spacial score (nSPS) is 12.2. The second-order valence-electron chi connectivity index (χ2n) is 2.62. The molecule has 0 rings (SSSR count). The Morgan fingerprint density at radius 1 is 1.62 bits per heavy atom. The third kappa shape index (κ3) is 3.16. The van der Waals surface area contributed by atoms with Crippen molar-refractivity contribution >= 4 is 19.3 Å². The van der Waals surface area contributed by atoms with Gasteiger partial charge in [-0.2, -0.15) is 0 Å². The number of rotatable bonds is 2. The first-order valence-electron chi connectivity index (χ1n) is 2.86. The van der Waals surface area contributed by atoms with Gasteiger partial charge in [-0.05, 0) is 0 Å². The minimum atomic E-state index is -1.61. The van der Waals surface area contributed by atoms with Crippen molar-refractivity contribution in [3.63, 3.8) is 0 Å². The summed E-state index contributed by atoms with van der Waals surface area (Å²) in [5.74, 6) is 3.98. The van der Waals surface area contributed by atoms with Crippen LogP contribution in [0, 0.1) is 11.2 Å². The third-order valence-corrected chi connectivity index (χ3v) is 7.10.